The Bertz CT molecular complexity index is 587. The molecule has 22 heavy (non-hydrogen) atoms. The number of amides is 2. The maximum atomic E-state index is 12.7. The molecule has 2 heterocycles. The Balaban J connectivity index is 1.68. The number of rotatable bonds is 3. The van der Waals surface area contributed by atoms with Crippen molar-refractivity contribution in [2.75, 3.05) is 24.5 Å². The fourth-order valence-corrected chi connectivity index (χ4v) is 3.51. The number of carbonyl (C=O) groups is 2. The van der Waals surface area contributed by atoms with E-state index < -0.39 is 0 Å². The molecule has 2 aliphatic heterocycles. The van der Waals surface area contributed by atoms with E-state index in [1.807, 2.05) is 24.0 Å². The summed E-state index contributed by atoms with van der Waals surface area (Å²) in [6.07, 6.45) is 2.62. The number of anilines is 1. The van der Waals surface area contributed by atoms with Gasteiger partial charge < -0.3 is 15.5 Å². The van der Waals surface area contributed by atoms with Gasteiger partial charge in [-0.15, -0.1) is 0 Å². The van der Waals surface area contributed by atoms with Gasteiger partial charge in [0.1, 0.15) is 0 Å². The molecule has 0 bridgehead atoms. The highest BCUT2D eigenvalue weighted by atomic mass is 16.2. The minimum atomic E-state index is -0.295. The summed E-state index contributed by atoms with van der Waals surface area (Å²) in [5.41, 5.74) is 7.88. The molecule has 2 unspecified atom stereocenters. The Morgan fingerprint density at radius 2 is 2.05 bits per heavy atom. The van der Waals surface area contributed by atoms with Gasteiger partial charge >= 0.3 is 0 Å². The van der Waals surface area contributed by atoms with Crippen LogP contribution in [0.2, 0.25) is 0 Å². The molecule has 0 radical (unpaired) electrons. The van der Waals surface area contributed by atoms with E-state index in [1.54, 1.807) is 0 Å². The molecule has 5 heteroatoms. The van der Waals surface area contributed by atoms with Crippen molar-refractivity contribution in [2.24, 2.45) is 11.7 Å². The molecule has 2 amide bonds. The van der Waals surface area contributed by atoms with Crippen molar-refractivity contribution in [1.29, 1.82) is 0 Å². The second-order valence-corrected chi connectivity index (χ2v) is 6.37. The van der Waals surface area contributed by atoms with Crippen molar-refractivity contribution in [3.63, 3.8) is 0 Å². The molecule has 1 saturated heterocycles. The van der Waals surface area contributed by atoms with Crippen LogP contribution in [-0.4, -0.2) is 42.4 Å². The molecule has 5 nitrogen and oxygen atoms in total. The van der Waals surface area contributed by atoms with E-state index in [0.29, 0.717) is 13.1 Å². The molecular formula is C17H23N3O2. The number of carbonyl (C=O) groups excluding carboxylic acids is 2. The lowest BCUT2D eigenvalue weighted by molar-refractivity contribution is -0.136. The summed E-state index contributed by atoms with van der Waals surface area (Å²) >= 11 is 0. The molecule has 1 aromatic carbocycles. The van der Waals surface area contributed by atoms with E-state index in [4.69, 9.17) is 5.73 Å². The van der Waals surface area contributed by atoms with Crippen LogP contribution in [0.3, 0.4) is 0 Å². The number of likely N-dealkylation sites (tertiary alicyclic amines) is 1. The standard InChI is InChI=1S/C17H23N3O2/c1-12-6-7-14(17(18)22)10-20(12)16(21)11-19-9-8-13-4-2-3-5-15(13)19/h2-5,12,14H,6-11H2,1H3,(H2,18,22). The van der Waals surface area contributed by atoms with Gasteiger partial charge in [-0.3, -0.25) is 9.59 Å². The molecular weight excluding hydrogens is 278 g/mol. The summed E-state index contributed by atoms with van der Waals surface area (Å²) in [6, 6.07) is 8.41. The first kappa shape index (κ1) is 14.9. The third kappa shape index (κ3) is 2.80. The second kappa shape index (κ2) is 5.99. The van der Waals surface area contributed by atoms with Gasteiger partial charge in [-0.2, -0.15) is 0 Å². The Labute approximate surface area is 131 Å². The van der Waals surface area contributed by atoms with Gasteiger partial charge in [0.15, 0.2) is 0 Å². The van der Waals surface area contributed by atoms with Crippen LogP contribution in [0.15, 0.2) is 24.3 Å². The number of nitrogens with two attached hydrogens (primary N) is 1. The summed E-state index contributed by atoms with van der Waals surface area (Å²) in [7, 11) is 0. The average molecular weight is 301 g/mol. The van der Waals surface area contributed by atoms with Crippen LogP contribution in [0.5, 0.6) is 0 Å². The van der Waals surface area contributed by atoms with Crippen LogP contribution in [0.4, 0.5) is 5.69 Å². The van der Waals surface area contributed by atoms with Gasteiger partial charge in [0, 0.05) is 24.8 Å². The largest absolute Gasteiger partial charge is 0.369 e. The SMILES string of the molecule is CC1CCC(C(N)=O)CN1C(=O)CN1CCc2ccccc21. The highest BCUT2D eigenvalue weighted by molar-refractivity contribution is 5.84. The van der Waals surface area contributed by atoms with Gasteiger partial charge in [-0.1, -0.05) is 18.2 Å². The van der Waals surface area contributed by atoms with E-state index in [-0.39, 0.29) is 23.8 Å². The average Bonchev–Trinajstić information content (AvgIpc) is 2.90. The Morgan fingerprint density at radius 1 is 1.27 bits per heavy atom. The smallest absolute Gasteiger partial charge is 0.242 e. The monoisotopic (exact) mass is 301 g/mol. The number of hydrogen-bond donors (Lipinski definition) is 1. The molecule has 0 saturated carbocycles. The molecule has 2 aliphatic rings. The molecule has 2 N–H and O–H groups in total. The van der Waals surface area contributed by atoms with Crippen molar-refractivity contribution >= 4 is 17.5 Å². The van der Waals surface area contributed by atoms with Crippen LogP contribution >= 0.6 is 0 Å². The minimum Gasteiger partial charge on any atom is -0.369 e. The first-order valence-electron chi connectivity index (χ1n) is 7.98. The molecule has 2 atom stereocenters. The molecule has 1 aromatic rings. The van der Waals surface area contributed by atoms with Crippen molar-refractivity contribution in [3.05, 3.63) is 29.8 Å². The van der Waals surface area contributed by atoms with Gasteiger partial charge in [0.2, 0.25) is 11.8 Å². The maximum Gasteiger partial charge on any atom is 0.242 e. The molecule has 0 aliphatic carbocycles. The number of piperidine rings is 1. The third-order valence-electron chi connectivity index (χ3n) is 4.91. The topological polar surface area (TPSA) is 66.6 Å². The molecule has 118 valence electrons. The zero-order valence-corrected chi connectivity index (χ0v) is 13.0. The molecule has 1 fully saturated rings. The van der Waals surface area contributed by atoms with E-state index >= 15 is 0 Å². The summed E-state index contributed by atoms with van der Waals surface area (Å²) in [6.45, 7) is 3.78. The number of nitrogens with zero attached hydrogens (tertiary/aromatic N) is 2. The van der Waals surface area contributed by atoms with Gasteiger partial charge in [0.05, 0.1) is 12.5 Å². The van der Waals surface area contributed by atoms with Crippen LogP contribution in [-0.2, 0) is 16.0 Å². The number of benzene rings is 1. The van der Waals surface area contributed by atoms with E-state index in [1.165, 1.54) is 5.56 Å². The van der Waals surface area contributed by atoms with Crippen molar-refractivity contribution < 1.29 is 9.59 Å². The quantitative estimate of drug-likeness (QED) is 0.911. The summed E-state index contributed by atoms with van der Waals surface area (Å²) in [5, 5.41) is 0. The normalized spacial score (nSPS) is 24.2. The number of fused-ring (bicyclic) bond motifs is 1. The van der Waals surface area contributed by atoms with Crippen molar-refractivity contribution in [2.45, 2.75) is 32.2 Å². The number of hydrogen-bond acceptors (Lipinski definition) is 3. The highest BCUT2D eigenvalue weighted by Gasteiger charge is 2.32. The third-order valence-corrected chi connectivity index (χ3v) is 4.91. The predicted molar refractivity (Wildman–Crippen MR) is 85.5 cm³/mol. The van der Waals surface area contributed by atoms with Gasteiger partial charge in [-0.05, 0) is 37.8 Å². The molecule has 0 spiro atoms. The van der Waals surface area contributed by atoms with Gasteiger partial charge in [0.25, 0.3) is 0 Å². The number of para-hydroxylation sites is 1. The summed E-state index contributed by atoms with van der Waals surface area (Å²) in [4.78, 5) is 28.1. The highest BCUT2D eigenvalue weighted by Crippen LogP contribution is 2.28. The molecule has 3 rings (SSSR count). The van der Waals surface area contributed by atoms with Crippen LogP contribution in [0.1, 0.15) is 25.3 Å². The summed E-state index contributed by atoms with van der Waals surface area (Å²) in [5.74, 6) is -0.405. The lowest BCUT2D eigenvalue weighted by atomic mass is 9.93. The zero-order chi connectivity index (χ0) is 15.7. The van der Waals surface area contributed by atoms with E-state index in [0.717, 1.165) is 31.5 Å². The zero-order valence-electron chi connectivity index (χ0n) is 13.0. The van der Waals surface area contributed by atoms with E-state index in [9.17, 15) is 9.59 Å². The van der Waals surface area contributed by atoms with Gasteiger partial charge in [-0.25, -0.2) is 0 Å². The van der Waals surface area contributed by atoms with Crippen molar-refractivity contribution in [3.8, 4) is 0 Å². The maximum absolute atomic E-state index is 12.7. The molecule has 0 aromatic heterocycles. The fourth-order valence-electron chi connectivity index (χ4n) is 3.51. The Kier molecular flexibility index (Phi) is 4.05. The Hall–Kier alpha value is -2.04. The van der Waals surface area contributed by atoms with Crippen LogP contribution in [0.25, 0.3) is 0 Å². The number of primary amides is 1. The first-order chi connectivity index (χ1) is 10.6. The van der Waals surface area contributed by atoms with Crippen LogP contribution < -0.4 is 10.6 Å². The van der Waals surface area contributed by atoms with Crippen LogP contribution in [0, 0.1) is 5.92 Å². The summed E-state index contributed by atoms with van der Waals surface area (Å²) < 4.78 is 0. The Morgan fingerprint density at radius 3 is 2.82 bits per heavy atom. The second-order valence-electron chi connectivity index (χ2n) is 6.37. The predicted octanol–water partition coefficient (Wildman–Crippen LogP) is 1.16. The minimum absolute atomic E-state index is 0.0927. The lowest BCUT2D eigenvalue weighted by Gasteiger charge is -2.38. The fraction of sp³-hybridized carbons (Fsp3) is 0.529. The van der Waals surface area contributed by atoms with E-state index in [2.05, 4.69) is 17.0 Å². The first-order valence-corrected chi connectivity index (χ1v) is 7.98. The van der Waals surface area contributed by atoms with Crippen molar-refractivity contribution in [1.82, 2.24) is 4.90 Å². The lowest BCUT2D eigenvalue weighted by Crippen LogP contribution is -2.51.